The first-order valence-electron chi connectivity index (χ1n) is 18.9. The van der Waals surface area contributed by atoms with Crippen molar-refractivity contribution in [1.82, 2.24) is 0 Å². The number of hydrogen-bond donors (Lipinski definition) is 0. The monoisotopic (exact) mass is 702 g/mol. The van der Waals surface area contributed by atoms with Crippen LogP contribution in [0.3, 0.4) is 0 Å². The van der Waals surface area contributed by atoms with Gasteiger partial charge in [-0.25, -0.2) is 0 Å². The molecule has 1 atom stereocenters. The van der Waals surface area contributed by atoms with Crippen LogP contribution < -0.4 is 0 Å². The second-order valence-corrected chi connectivity index (χ2v) is 13.5. The smallest absolute Gasteiger partial charge is 0.0897 e. The van der Waals surface area contributed by atoms with Gasteiger partial charge in [0, 0.05) is 17.6 Å². The van der Waals surface area contributed by atoms with Crippen LogP contribution in [0.2, 0.25) is 0 Å². The van der Waals surface area contributed by atoms with Crippen molar-refractivity contribution >= 4 is 22.6 Å². The number of unbranched alkanes of at least 4 members (excludes halogenated alkanes) is 24. The van der Waals surface area contributed by atoms with E-state index in [1.165, 1.54) is 180 Å². The first-order valence-corrected chi connectivity index (χ1v) is 20.4. The van der Waals surface area contributed by atoms with Gasteiger partial charge in [0.05, 0.1) is 12.7 Å². The van der Waals surface area contributed by atoms with Crippen molar-refractivity contribution in [3.8, 4) is 0 Å². The van der Waals surface area contributed by atoms with Gasteiger partial charge in [-0.2, -0.15) is 0 Å². The Morgan fingerprint density at radius 3 is 1.14 bits per heavy atom. The fraction of sp³-hybridized carbons (Fsp3) is 0.897. The van der Waals surface area contributed by atoms with Crippen LogP contribution in [0.4, 0.5) is 0 Å². The molecule has 0 N–H and O–H groups in total. The largest absolute Gasteiger partial charge is 0.379 e. The highest BCUT2D eigenvalue weighted by atomic mass is 127. The third kappa shape index (κ3) is 36.3. The molecule has 0 aliphatic carbocycles. The van der Waals surface area contributed by atoms with Crippen molar-refractivity contribution < 1.29 is 9.47 Å². The van der Waals surface area contributed by atoms with Crippen LogP contribution in [0.5, 0.6) is 0 Å². The average Bonchev–Trinajstić information content (AvgIpc) is 3.00. The predicted octanol–water partition coefficient (Wildman–Crippen LogP) is 13.9. The molecular weight excluding hydrogens is 627 g/mol. The molecule has 3 heteroatoms. The number of halogens is 1. The van der Waals surface area contributed by atoms with Crippen molar-refractivity contribution in [3.05, 3.63) is 24.3 Å². The van der Waals surface area contributed by atoms with E-state index in [1.54, 1.807) is 0 Å². The molecular formula is C39H75IO2. The molecule has 1 unspecified atom stereocenters. The van der Waals surface area contributed by atoms with Gasteiger partial charge in [0.25, 0.3) is 0 Å². The summed E-state index contributed by atoms with van der Waals surface area (Å²) < 4.78 is 13.1. The van der Waals surface area contributed by atoms with Crippen molar-refractivity contribution in [2.45, 2.75) is 200 Å². The summed E-state index contributed by atoms with van der Waals surface area (Å²) in [6.07, 6.45) is 47.8. The highest BCUT2D eigenvalue weighted by Gasteiger charge is 2.07. The van der Waals surface area contributed by atoms with Gasteiger partial charge in [-0.05, 0) is 64.2 Å². The Morgan fingerprint density at radius 1 is 0.429 bits per heavy atom. The van der Waals surface area contributed by atoms with Crippen LogP contribution in [0, 0.1) is 0 Å². The van der Waals surface area contributed by atoms with Crippen LogP contribution in [0.1, 0.15) is 194 Å². The molecule has 0 spiro atoms. The van der Waals surface area contributed by atoms with E-state index in [9.17, 15) is 0 Å². The SMILES string of the molecule is CCCCCCCC/C=C\CCCCCCCCOCC(CI)OCCCCCCCC/C=C\CCCCCCCC. The zero-order valence-electron chi connectivity index (χ0n) is 28.7. The standard InChI is InChI=1S/C39H75IO2/c1-3-5-7-9-11-13-15-17-19-21-23-25-27-29-31-33-35-41-38-39(37-40)42-36-34-32-30-28-26-24-22-20-18-16-14-12-10-8-6-4-2/h17-20,39H,3-16,21-38H2,1-2H3/b19-17-,20-18-. The zero-order chi connectivity index (χ0) is 30.4. The van der Waals surface area contributed by atoms with E-state index in [-0.39, 0.29) is 6.10 Å². The quantitative estimate of drug-likeness (QED) is 0.0280. The number of hydrogen-bond acceptors (Lipinski definition) is 2. The minimum Gasteiger partial charge on any atom is -0.379 e. The molecule has 0 aromatic carbocycles. The third-order valence-electron chi connectivity index (χ3n) is 8.29. The molecule has 42 heavy (non-hydrogen) atoms. The Morgan fingerprint density at radius 2 is 0.762 bits per heavy atom. The summed E-state index contributed by atoms with van der Waals surface area (Å²) in [7, 11) is 0. The normalized spacial score (nSPS) is 12.7. The molecule has 0 bridgehead atoms. The summed E-state index contributed by atoms with van der Waals surface area (Å²) in [4.78, 5) is 0. The highest BCUT2D eigenvalue weighted by molar-refractivity contribution is 14.1. The van der Waals surface area contributed by atoms with Gasteiger partial charge in [0.2, 0.25) is 0 Å². The second kappa shape index (κ2) is 39.2. The molecule has 0 aromatic heterocycles. The molecule has 250 valence electrons. The molecule has 0 aromatic rings. The van der Waals surface area contributed by atoms with Gasteiger partial charge in [0.15, 0.2) is 0 Å². The summed E-state index contributed by atoms with van der Waals surface area (Å²) >= 11 is 2.44. The van der Waals surface area contributed by atoms with Gasteiger partial charge in [-0.1, -0.05) is 176 Å². The summed E-state index contributed by atoms with van der Waals surface area (Å²) in [5.41, 5.74) is 0. The Balaban J connectivity index is 3.32. The van der Waals surface area contributed by atoms with Gasteiger partial charge in [-0.15, -0.1) is 0 Å². The Labute approximate surface area is 279 Å². The molecule has 2 nitrogen and oxygen atoms in total. The molecule has 0 saturated carbocycles. The molecule has 0 heterocycles. The van der Waals surface area contributed by atoms with Crippen LogP contribution in [-0.2, 0) is 9.47 Å². The number of alkyl halides is 1. The molecule has 0 saturated heterocycles. The lowest BCUT2D eigenvalue weighted by Gasteiger charge is -2.15. The number of allylic oxidation sites excluding steroid dienone is 4. The number of rotatable bonds is 36. The molecule has 0 rings (SSSR count). The van der Waals surface area contributed by atoms with Gasteiger partial charge in [0.1, 0.15) is 0 Å². The Hall–Kier alpha value is 0.130. The Bertz CT molecular complexity index is 532. The van der Waals surface area contributed by atoms with Crippen molar-refractivity contribution in [1.29, 1.82) is 0 Å². The maximum absolute atomic E-state index is 6.10. The fourth-order valence-electron chi connectivity index (χ4n) is 5.40. The molecule has 0 amide bonds. The van der Waals surface area contributed by atoms with E-state index in [1.807, 2.05) is 0 Å². The van der Waals surface area contributed by atoms with E-state index in [0.29, 0.717) is 0 Å². The minimum atomic E-state index is 0.267. The minimum absolute atomic E-state index is 0.267. The van der Waals surface area contributed by atoms with Gasteiger partial charge in [-0.3, -0.25) is 0 Å². The third-order valence-corrected chi connectivity index (χ3v) is 9.27. The van der Waals surface area contributed by atoms with Crippen molar-refractivity contribution in [3.63, 3.8) is 0 Å². The van der Waals surface area contributed by atoms with Crippen LogP contribution in [0.15, 0.2) is 24.3 Å². The van der Waals surface area contributed by atoms with Crippen molar-refractivity contribution in [2.24, 2.45) is 0 Å². The summed E-state index contributed by atoms with van der Waals surface area (Å²) in [5.74, 6) is 0. The molecule has 0 fully saturated rings. The summed E-state index contributed by atoms with van der Waals surface area (Å²) in [6, 6.07) is 0. The van der Waals surface area contributed by atoms with Gasteiger partial charge < -0.3 is 9.47 Å². The molecule has 0 aliphatic rings. The van der Waals surface area contributed by atoms with Crippen LogP contribution in [-0.4, -0.2) is 30.4 Å². The lowest BCUT2D eigenvalue weighted by molar-refractivity contribution is -0.00479. The molecule has 0 aliphatic heterocycles. The van der Waals surface area contributed by atoms with Crippen molar-refractivity contribution in [2.75, 3.05) is 24.2 Å². The van der Waals surface area contributed by atoms with E-state index in [4.69, 9.17) is 9.47 Å². The second-order valence-electron chi connectivity index (χ2n) is 12.6. The maximum atomic E-state index is 6.10. The number of ether oxygens (including phenoxy) is 2. The summed E-state index contributed by atoms with van der Waals surface area (Å²) in [6.45, 7) is 7.13. The van der Waals surface area contributed by atoms with Crippen LogP contribution >= 0.6 is 22.6 Å². The lowest BCUT2D eigenvalue weighted by Crippen LogP contribution is -2.22. The predicted molar refractivity (Wildman–Crippen MR) is 198 cm³/mol. The lowest BCUT2D eigenvalue weighted by atomic mass is 10.1. The fourth-order valence-corrected chi connectivity index (χ4v) is 5.91. The average molecular weight is 703 g/mol. The van der Waals surface area contributed by atoms with Crippen LogP contribution in [0.25, 0.3) is 0 Å². The first-order chi connectivity index (χ1) is 20.8. The first kappa shape index (κ1) is 42.1. The maximum Gasteiger partial charge on any atom is 0.0897 e. The zero-order valence-corrected chi connectivity index (χ0v) is 30.9. The highest BCUT2D eigenvalue weighted by Crippen LogP contribution is 2.12. The Kier molecular flexibility index (Phi) is 39.3. The topological polar surface area (TPSA) is 18.5 Å². The van der Waals surface area contributed by atoms with E-state index in [0.717, 1.165) is 24.2 Å². The molecule has 0 radical (unpaired) electrons. The summed E-state index contributed by atoms with van der Waals surface area (Å²) in [5, 5.41) is 0. The van der Waals surface area contributed by atoms with E-state index in [2.05, 4.69) is 60.7 Å². The van der Waals surface area contributed by atoms with Gasteiger partial charge >= 0.3 is 0 Å². The van der Waals surface area contributed by atoms with E-state index < -0.39 is 0 Å². The van der Waals surface area contributed by atoms with E-state index >= 15 is 0 Å².